The molecular weight excluding hydrogens is 204 g/mol. The molecule has 1 aromatic heterocycles. The van der Waals surface area contributed by atoms with Gasteiger partial charge < -0.3 is 14.9 Å². The predicted octanol–water partition coefficient (Wildman–Crippen LogP) is 1.31. The van der Waals surface area contributed by atoms with E-state index in [1.165, 1.54) is 0 Å². The second-order valence-corrected chi connectivity index (χ2v) is 4.35. The van der Waals surface area contributed by atoms with E-state index in [0.717, 1.165) is 31.2 Å². The van der Waals surface area contributed by atoms with E-state index >= 15 is 0 Å². The number of rotatable bonds is 3. The van der Waals surface area contributed by atoms with E-state index in [1.807, 2.05) is 19.1 Å². The number of hydrogen-bond donors (Lipinski definition) is 1. The van der Waals surface area contributed by atoms with Gasteiger partial charge in [0.2, 0.25) is 0 Å². The third-order valence-electron chi connectivity index (χ3n) is 3.15. The summed E-state index contributed by atoms with van der Waals surface area (Å²) in [6.07, 6.45) is 0.159. The minimum atomic E-state index is 0.159. The summed E-state index contributed by atoms with van der Waals surface area (Å²) < 4.78 is 11.2. The Hall–Kier alpha value is -0.840. The predicted molar refractivity (Wildman–Crippen MR) is 62.2 cm³/mol. The van der Waals surface area contributed by atoms with Crippen LogP contribution in [0.3, 0.4) is 0 Å². The highest BCUT2D eigenvalue weighted by atomic mass is 16.5. The van der Waals surface area contributed by atoms with Crippen LogP contribution in [0.1, 0.15) is 24.5 Å². The maximum absolute atomic E-state index is 5.65. The summed E-state index contributed by atoms with van der Waals surface area (Å²) in [7, 11) is 0. The van der Waals surface area contributed by atoms with Crippen LogP contribution in [0, 0.1) is 6.92 Å². The minimum Gasteiger partial charge on any atom is -0.465 e. The first-order valence-corrected chi connectivity index (χ1v) is 5.82. The normalized spacial score (nSPS) is 24.6. The smallest absolute Gasteiger partial charge is 0.121 e. The van der Waals surface area contributed by atoms with E-state index < -0.39 is 0 Å². The number of nitrogens with zero attached hydrogens (tertiary/aromatic N) is 1. The van der Waals surface area contributed by atoms with Crippen LogP contribution in [0.25, 0.3) is 0 Å². The summed E-state index contributed by atoms with van der Waals surface area (Å²) in [5.74, 6) is 1.99. The first-order valence-electron chi connectivity index (χ1n) is 5.82. The van der Waals surface area contributed by atoms with Gasteiger partial charge in [-0.2, -0.15) is 0 Å². The summed E-state index contributed by atoms with van der Waals surface area (Å²) in [5, 5.41) is 0. The Morgan fingerprint density at radius 1 is 1.56 bits per heavy atom. The number of hydrogen-bond acceptors (Lipinski definition) is 4. The molecule has 0 bridgehead atoms. The molecule has 1 aliphatic rings. The van der Waals surface area contributed by atoms with Gasteiger partial charge in [-0.3, -0.25) is 4.90 Å². The van der Waals surface area contributed by atoms with E-state index in [1.54, 1.807) is 0 Å². The Balaban J connectivity index is 2.01. The van der Waals surface area contributed by atoms with Gasteiger partial charge in [0.1, 0.15) is 11.5 Å². The summed E-state index contributed by atoms with van der Waals surface area (Å²) in [6, 6.07) is 4.35. The fourth-order valence-corrected chi connectivity index (χ4v) is 2.09. The van der Waals surface area contributed by atoms with E-state index in [-0.39, 0.29) is 6.10 Å². The second kappa shape index (κ2) is 4.99. The Bertz CT molecular complexity index is 338. The van der Waals surface area contributed by atoms with Gasteiger partial charge in [-0.1, -0.05) is 0 Å². The van der Waals surface area contributed by atoms with Crippen molar-refractivity contribution in [3.8, 4) is 0 Å². The van der Waals surface area contributed by atoms with Crippen molar-refractivity contribution in [3.05, 3.63) is 23.7 Å². The Morgan fingerprint density at radius 2 is 2.38 bits per heavy atom. The molecule has 0 radical (unpaired) electrons. The van der Waals surface area contributed by atoms with Crippen molar-refractivity contribution in [1.82, 2.24) is 4.90 Å². The monoisotopic (exact) mass is 224 g/mol. The van der Waals surface area contributed by atoms with Crippen LogP contribution in [0.15, 0.2) is 16.5 Å². The minimum absolute atomic E-state index is 0.159. The second-order valence-electron chi connectivity index (χ2n) is 4.35. The highest BCUT2D eigenvalue weighted by molar-refractivity contribution is 5.09. The first-order chi connectivity index (χ1) is 7.70. The highest BCUT2D eigenvalue weighted by Crippen LogP contribution is 2.23. The lowest BCUT2D eigenvalue weighted by Crippen LogP contribution is -2.46. The number of aryl methyl sites for hydroxylation is 1. The molecule has 4 nitrogen and oxygen atoms in total. The molecule has 2 N–H and O–H groups in total. The zero-order valence-electron chi connectivity index (χ0n) is 9.98. The lowest BCUT2D eigenvalue weighted by atomic mass is 10.1. The van der Waals surface area contributed by atoms with Crippen molar-refractivity contribution >= 4 is 0 Å². The number of furan rings is 1. The van der Waals surface area contributed by atoms with Crippen molar-refractivity contribution in [2.24, 2.45) is 5.73 Å². The lowest BCUT2D eigenvalue weighted by molar-refractivity contribution is -0.0391. The molecule has 4 heteroatoms. The molecular formula is C12H20N2O2. The van der Waals surface area contributed by atoms with E-state index in [4.69, 9.17) is 14.9 Å². The molecule has 2 atom stereocenters. The number of nitrogens with two attached hydrogens (primary N) is 1. The molecule has 1 aromatic rings. The van der Waals surface area contributed by atoms with Gasteiger partial charge in [0.15, 0.2) is 0 Å². The molecule has 0 aliphatic carbocycles. The van der Waals surface area contributed by atoms with Crippen LogP contribution in [0.5, 0.6) is 0 Å². The fraction of sp³-hybridized carbons (Fsp3) is 0.667. The Labute approximate surface area is 96.4 Å². The maximum atomic E-state index is 5.65. The van der Waals surface area contributed by atoms with Gasteiger partial charge in [-0.25, -0.2) is 0 Å². The molecule has 0 spiro atoms. The zero-order chi connectivity index (χ0) is 11.5. The molecule has 16 heavy (non-hydrogen) atoms. The van der Waals surface area contributed by atoms with Gasteiger partial charge in [-0.15, -0.1) is 0 Å². The van der Waals surface area contributed by atoms with Gasteiger partial charge >= 0.3 is 0 Å². The van der Waals surface area contributed by atoms with Crippen LogP contribution in [-0.2, 0) is 4.74 Å². The molecule has 1 fully saturated rings. The van der Waals surface area contributed by atoms with Gasteiger partial charge in [0.05, 0.1) is 18.8 Å². The van der Waals surface area contributed by atoms with Crippen LogP contribution in [0.2, 0.25) is 0 Å². The maximum Gasteiger partial charge on any atom is 0.121 e. The van der Waals surface area contributed by atoms with E-state index in [2.05, 4.69) is 11.8 Å². The molecule has 2 heterocycles. The SMILES string of the molecule is Cc1ccc(C(C)N2CCOC(CN)C2)o1. The van der Waals surface area contributed by atoms with Crippen LogP contribution in [0.4, 0.5) is 0 Å². The average Bonchev–Trinajstić information content (AvgIpc) is 2.75. The topological polar surface area (TPSA) is 51.6 Å². The quantitative estimate of drug-likeness (QED) is 0.841. The Morgan fingerprint density at radius 3 is 3.00 bits per heavy atom. The van der Waals surface area contributed by atoms with Crippen molar-refractivity contribution in [2.45, 2.75) is 26.0 Å². The fourth-order valence-electron chi connectivity index (χ4n) is 2.09. The summed E-state index contributed by atoms with van der Waals surface area (Å²) >= 11 is 0. The first kappa shape index (κ1) is 11.6. The van der Waals surface area contributed by atoms with Crippen molar-refractivity contribution in [3.63, 3.8) is 0 Å². The molecule has 0 amide bonds. The van der Waals surface area contributed by atoms with Crippen LogP contribution in [-0.4, -0.2) is 37.2 Å². The summed E-state index contributed by atoms with van der Waals surface area (Å²) in [4.78, 5) is 2.36. The third-order valence-corrected chi connectivity index (χ3v) is 3.15. The average molecular weight is 224 g/mol. The Kier molecular flexibility index (Phi) is 3.63. The molecule has 0 saturated carbocycles. The van der Waals surface area contributed by atoms with E-state index in [0.29, 0.717) is 12.6 Å². The van der Waals surface area contributed by atoms with Crippen molar-refractivity contribution < 1.29 is 9.15 Å². The number of ether oxygens (including phenoxy) is 1. The van der Waals surface area contributed by atoms with Gasteiger partial charge in [0, 0.05) is 19.6 Å². The zero-order valence-corrected chi connectivity index (χ0v) is 9.98. The lowest BCUT2D eigenvalue weighted by Gasteiger charge is -2.35. The standard InChI is InChI=1S/C12H20N2O2/c1-9-3-4-12(16-9)10(2)14-5-6-15-11(7-13)8-14/h3-4,10-11H,5-8,13H2,1-2H3. The van der Waals surface area contributed by atoms with Gasteiger partial charge in [0.25, 0.3) is 0 Å². The third kappa shape index (κ3) is 2.45. The molecule has 1 saturated heterocycles. The van der Waals surface area contributed by atoms with Crippen molar-refractivity contribution in [1.29, 1.82) is 0 Å². The molecule has 2 unspecified atom stereocenters. The molecule has 90 valence electrons. The molecule has 2 rings (SSSR count). The van der Waals surface area contributed by atoms with Gasteiger partial charge in [-0.05, 0) is 26.0 Å². The summed E-state index contributed by atoms with van der Waals surface area (Å²) in [6.45, 7) is 7.30. The molecule has 1 aliphatic heterocycles. The molecule has 0 aromatic carbocycles. The summed E-state index contributed by atoms with van der Waals surface area (Å²) in [5.41, 5.74) is 5.63. The highest BCUT2D eigenvalue weighted by Gasteiger charge is 2.25. The number of morpholine rings is 1. The van der Waals surface area contributed by atoms with Crippen molar-refractivity contribution in [2.75, 3.05) is 26.2 Å². The largest absolute Gasteiger partial charge is 0.465 e. The van der Waals surface area contributed by atoms with Crippen LogP contribution < -0.4 is 5.73 Å². The van der Waals surface area contributed by atoms with E-state index in [9.17, 15) is 0 Å². The van der Waals surface area contributed by atoms with Crippen LogP contribution >= 0.6 is 0 Å².